The van der Waals surface area contributed by atoms with Crippen LogP contribution in [0.1, 0.15) is 5.56 Å². The van der Waals surface area contributed by atoms with Gasteiger partial charge in [0.2, 0.25) is 0 Å². The van der Waals surface area contributed by atoms with Crippen LogP contribution in [0.25, 0.3) is 16.8 Å². The molecule has 0 aromatic heterocycles. The molecule has 3 aromatic rings. The lowest BCUT2D eigenvalue weighted by Crippen LogP contribution is -2.27. The Morgan fingerprint density at radius 2 is 2.00 bits per heavy atom. The molecule has 1 saturated heterocycles. The van der Waals surface area contributed by atoms with Gasteiger partial charge in [0.1, 0.15) is 6.61 Å². The number of amides is 1. The topological polar surface area (TPSA) is 38.8 Å². The first-order valence-electron chi connectivity index (χ1n) is 9.23. The Morgan fingerprint density at radius 1 is 1.23 bits per heavy atom. The molecule has 0 bridgehead atoms. The molecule has 0 radical (unpaired) electrons. The Bertz CT molecular complexity index is 1270. The minimum atomic E-state index is -0.158. The molecular weight excluding hydrogens is 494 g/mol. The average Bonchev–Trinajstić information content (AvgIpc) is 3.05. The second kappa shape index (κ2) is 9.15. The number of fused-ring (bicyclic) bond motifs is 1. The summed E-state index contributed by atoms with van der Waals surface area (Å²) in [6, 6.07) is 17.4. The van der Waals surface area contributed by atoms with Crippen molar-refractivity contribution in [1.82, 2.24) is 0 Å². The lowest BCUT2D eigenvalue weighted by molar-refractivity contribution is -0.113. The maximum atomic E-state index is 13.3. The van der Waals surface area contributed by atoms with E-state index in [2.05, 4.69) is 21.9 Å². The molecule has 1 aliphatic heterocycles. The summed E-state index contributed by atoms with van der Waals surface area (Å²) in [5, 5.41) is 2.02. The third-order valence-corrected chi connectivity index (χ3v) is 6.54. The molecule has 7 heteroatoms. The predicted molar refractivity (Wildman–Crippen MR) is 135 cm³/mol. The zero-order valence-electron chi connectivity index (χ0n) is 16.4. The van der Waals surface area contributed by atoms with Crippen molar-refractivity contribution in [3.63, 3.8) is 0 Å². The molecule has 4 nitrogen and oxygen atoms in total. The number of anilines is 1. The van der Waals surface area contributed by atoms with Crippen LogP contribution in [-0.4, -0.2) is 23.9 Å². The summed E-state index contributed by atoms with van der Waals surface area (Å²) in [7, 11) is 1.55. The van der Waals surface area contributed by atoms with Gasteiger partial charge in [-0.15, -0.1) is 6.42 Å². The van der Waals surface area contributed by atoms with Crippen LogP contribution in [0.5, 0.6) is 11.5 Å². The highest BCUT2D eigenvalue weighted by Crippen LogP contribution is 2.41. The Kier molecular flexibility index (Phi) is 6.33. The van der Waals surface area contributed by atoms with Crippen LogP contribution < -0.4 is 14.4 Å². The molecule has 0 atom stereocenters. The molecule has 1 aliphatic rings. The van der Waals surface area contributed by atoms with E-state index in [-0.39, 0.29) is 12.5 Å². The van der Waals surface area contributed by atoms with Gasteiger partial charge in [0.25, 0.3) is 5.91 Å². The van der Waals surface area contributed by atoms with E-state index >= 15 is 0 Å². The first-order chi connectivity index (χ1) is 15.0. The number of nitrogens with zero attached hydrogens (tertiary/aromatic N) is 1. The number of hydrogen-bond donors (Lipinski definition) is 0. The van der Waals surface area contributed by atoms with Crippen molar-refractivity contribution in [3.05, 3.63) is 69.5 Å². The summed E-state index contributed by atoms with van der Waals surface area (Å²) in [5.74, 6) is 3.30. The molecule has 0 N–H and O–H groups in total. The molecule has 0 aliphatic carbocycles. The van der Waals surface area contributed by atoms with Crippen LogP contribution in [0, 0.1) is 12.3 Å². The first kappa shape index (κ1) is 21.4. The van der Waals surface area contributed by atoms with Crippen LogP contribution in [0.2, 0.25) is 0 Å². The fourth-order valence-electron chi connectivity index (χ4n) is 3.31. The average molecular weight is 510 g/mol. The van der Waals surface area contributed by atoms with Crippen LogP contribution >= 0.6 is 39.9 Å². The minimum absolute atomic E-state index is 0.123. The number of benzene rings is 3. The number of thioether (sulfide) groups is 1. The number of rotatable bonds is 5. The van der Waals surface area contributed by atoms with E-state index in [0.717, 1.165) is 22.0 Å². The number of carbonyl (C=O) groups excluding carboxylic acids is 1. The van der Waals surface area contributed by atoms with Gasteiger partial charge in [-0.05, 0) is 51.2 Å². The third-order valence-electron chi connectivity index (χ3n) is 4.65. The fraction of sp³-hybridized carbons (Fsp3) is 0.0833. The van der Waals surface area contributed by atoms with Gasteiger partial charge in [-0.3, -0.25) is 9.69 Å². The maximum absolute atomic E-state index is 13.3. The van der Waals surface area contributed by atoms with Gasteiger partial charge in [-0.1, -0.05) is 66.3 Å². The molecule has 154 valence electrons. The molecule has 1 fully saturated rings. The van der Waals surface area contributed by atoms with Crippen molar-refractivity contribution in [2.45, 2.75) is 0 Å². The van der Waals surface area contributed by atoms with E-state index < -0.39 is 0 Å². The highest BCUT2D eigenvalue weighted by molar-refractivity contribution is 9.10. The zero-order chi connectivity index (χ0) is 22.0. The Labute approximate surface area is 198 Å². The summed E-state index contributed by atoms with van der Waals surface area (Å²) in [6.45, 7) is 0.123. The van der Waals surface area contributed by atoms with Crippen molar-refractivity contribution >= 4 is 72.7 Å². The molecule has 3 aromatic carbocycles. The number of thiocarbonyl (C=S) groups is 1. The van der Waals surface area contributed by atoms with E-state index in [0.29, 0.717) is 25.2 Å². The molecule has 0 spiro atoms. The van der Waals surface area contributed by atoms with E-state index in [1.165, 1.54) is 11.8 Å². The van der Waals surface area contributed by atoms with Crippen LogP contribution in [0.15, 0.2) is 64.0 Å². The van der Waals surface area contributed by atoms with Gasteiger partial charge in [-0.25, -0.2) is 0 Å². The lowest BCUT2D eigenvalue weighted by atomic mass is 10.1. The molecule has 31 heavy (non-hydrogen) atoms. The first-order valence-corrected chi connectivity index (χ1v) is 11.2. The number of hydrogen-bond acceptors (Lipinski definition) is 5. The van der Waals surface area contributed by atoms with Gasteiger partial charge >= 0.3 is 0 Å². The van der Waals surface area contributed by atoms with E-state index in [1.54, 1.807) is 24.2 Å². The lowest BCUT2D eigenvalue weighted by Gasteiger charge is -2.17. The predicted octanol–water partition coefficient (Wildman–Crippen LogP) is 6.03. The van der Waals surface area contributed by atoms with Crippen LogP contribution in [0.3, 0.4) is 0 Å². The summed E-state index contributed by atoms with van der Waals surface area (Å²) < 4.78 is 12.2. The number of halogens is 1. The Hall–Kier alpha value is -2.79. The van der Waals surface area contributed by atoms with Crippen molar-refractivity contribution < 1.29 is 14.3 Å². The van der Waals surface area contributed by atoms with E-state index in [1.807, 2.05) is 48.5 Å². The summed E-state index contributed by atoms with van der Waals surface area (Å²) >= 11 is 10.3. The SMILES string of the molecule is C#CCOc1c(Br)cc(/C=C2/SC(=S)N(c3cccc4ccccc34)C2=O)cc1OC. The highest BCUT2D eigenvalue weighted by Gasteiger charge is 2.34. The second-order valence-corrected chi connectivity index (χ2v) is 9.07. The third kappa shape index (κ3) is 4.19. The van der Waals surface area contributed by atoms with Crippen molar-refractivity contribution in [2.24, 2.45) is 0 Å². The monoisotopic (exact) mass is 509 g/mol. The van der Waals surface area contributed by atoms with Crippen LogP contribution in [-0.2, 0) is 4.79 Å². The van der Waals surface area contributed by atoms with Gasteiger partial charge in [-0.2, -0.15) is 0 Å². The standard InChI is InChI=1S/C24H16BrNO3S2/c1-3-11-29-22-18(25)12-15(13-20(22)28-2)14-21-23(27)26(24(30)31-21)19-10-6-8-16-7-4-5-9-17(16)19/h1,4-10,12-14H,11H2,2H3/b21-14+. The van der Waals surface area contributed by atoms with Crippen molar-refractivity contribution in [3.8, 4) is 23.8 Å². The number of ether oxygens (including phenoxy) is 2. The van der Waals surface area contributed by atoms with Gasteiger partial charge in [0.15, 0.2) is 15.8 Å². The van der Waals surface area contributed by atoms with Crippen molar-refractivity contribution in [1.29, 1.82) is 0 Å². The highest BCUT2D eigenvalue weighted by atomic mass is 79.9. The number of terminal acetylenes is 1. The smallest absolute Gasteiger partial charge is 0.270 e. The van der Waals surface area contributed by atoms with E-state index in [9.17, 15) is 4.79 Å². The van der Waals surface area contributed by atoms with Crippen molar-refractivity contribution in [2.75, 3.05) is 18.6 Å². The Balaban J connectivity index is 1.71. The van der Waals surface area contributed by atoms with Gasteiger partial charge < -0.3 is 9.47 Å². The summed E-state index contributed by atoms with van der Waals surface area (Å²) in [5.41, 5.74) is 1.55. The Morgan fingerprint density at radius 3 is 2.77 bits per heavy atom. The number of methoxy groups -OCH3 is 1. The minimum Gasteiger partial charge on any atom is -0.493 e. The summed E-state index contributed by atoms with van der Waals surface area (Å²) in [4.78, 5) is 15.4. The van der Waals surface area contributed by atoms with Crippen LogP contribution in [0.4, 0.5) is 5.69 Å². The molecule has 0 unspecified atom stereocenters. The number of carbonyl (C=O) groups is 1. The van der Waals surface area contributed by atoms with E-state index in [4.69, 9.17) is 28.1 Å². The van der Waals surface area contributed by atoms with Gasteiger partial charge in [0.05, 0.1) is 22.2 Å². The van der Waals surface area contributed by atoms with Gasteiger partial charge in [0, 0.05) is 5.39 Å². The maximum Gasteiger partial charge on any atom is 0.270 e. The molecule has 4 rings (SSSR count). The quantitative estimate of drug-likeness (QED) is 0.238. The molecule has 1 amide bonds. The zero-order valence-corrected chi connectivity index (χ0v) is 19.6. The molecule has 0 saturated carbocycles. The summed E-state index contributed by atoms with van der Waals surface area (Å²) in [6.07, 6.45) is 7.08. The normalized spacial score (nSPS) is 14.9. The molecule has 1 heterocycles. The second-order valence-electron chi connectivity index (χ2n) is 6.54. The fourth-order valence-corrected chi connectivity index (χ4v) is 5.17. The molecular formula is C24H16BrNO3S2. The largest absolute Gasteiger partial charge is 0.493 e.